The maximum atomic E-state index is 12.1. The Morgan fingerprint density at radius 3 is 2.83 bits per heavy atom. The van der Waals surface area contributed by atoms with E-state index in [1.54, 1.807) is 0 Å². The number of carbonyl (C=O) groups excluding carboxylic acids is 1. The van der Waals surface area contributed by atoms with E-state index >= 15 is 0 Å². The van der Waals surface area contributed by atoms with Crippen molar-refractivity contribution < 1.29 is 9.32 Å². The minimum Gasteiger partial charge on any atom is -0.360 e. The first kappa shape index (κ1) is 11.2. The molecule has 0 spiro atoms. The highest BCUT2D eigenvalue weighted by molar-refractivity contribution is 5.99. The van der Waals surface area contributed by atoms with Crippen molar-refractivity contribution in [3.8, 4) is 0 Å². The molecule has 2 aromatic rings. The highest BCUT2D eigenvalue weighted by atomic mass is 16.5. The third-order valence-corrected chi connectivity index (χ3v) is 3.40. The van der Waals surface area contributed by atoms with E-state index in [4.69, 9.17) is 4.52 Å². The number of benzene rings is 1. The molecule has 0 fully saturated rings. The molecule has 92 valence electrons. The Bertz CT molecular complexity index is 571. The summed E-state index contributed by atoms with van der Waals surface area (Å²) in [5.41, 5.74) is 2.71. The summed E-state index contributed by atoms with van der Waals surface area (Å²) in [6, 6.07) is 10.0. The summed E-state index contributed by atoms with van der Waals surface area (Å²) in [5, 5.41) is 4.06. The lowest BCUT2D eigenvalue weighted by Gasteiger charge is -2.15. The first-order valence-electron chi connectivity index (χ1n) is 6.28. The lowest BCUT2D eigenvalue weighted by atomic mass is 9.86. The van der Waals surface area contributed by atoms with Crippen molar-refractivity contribution in [2.24, 2.45) is 5.92 Å². The van der Waals surface area contributed by atoms with Crippen LogP contribution in [0.25, 0.3) is 0 Å². The van der Waals surface area contributed by atoms with Gasteiger partial charge in [0.05, 0.1) is 11.3 Å². The molecule has 0 radical (unpaired) electrons. The predicted octanol–water partition coefficient (Wildman–Crippen LogP) is 3.03. The molecule has 0 saturated heterocycles. The summed E-state index contributed by atoms with van der Waals surface area (Å²) in [6.45, 7) is 2.08. The zero-order valence-corrected chi connectivity index (χ0v) is 10.3. The van der Waals surface area contributed by atoms with Gasteiger partial charge in [0.1, 0.15) is 0 Å². The Morgan fingerprint density at radius 1 is 1.28 bits per heavy atom. The van der Waals surface area contributed by atoms with Crippen LogP contribution in [0.1, 0.15) is 40.7 Å². The number of rotatable bonds is 2. The van der Waals surface area contributed by atoms with Crippen LogP contribution in [0.15, 0.2) is 34.9 Å². The topological polar surface area (TPSA) is 43.1 Å². The average Bonchev–Trinajstić information content (AvgIpc) is 2.73. The highest BCUT2D eigenvalue weighted by Gasteiger charge is 2.29. The molecule has 0 saturated carbocycles. The van der Waals surface area contributed by atoms with E-state index in [1.807, 2.05) is 30.3 Å². The van der Waals surface area contributed by atoms with Gasteiger partial charge in [-0.05, 0) is 17.9 Å². The molecular weight excluding hydrogens is 226 g/mol. The summed E-state index contributed by atoms with van der Waals surface area (Å²) in [5.74, 6) is 1.27. The fraction of sp³-hybridized carbons (Fsp3) is 0.333. The van der Waals surface area contributed by atoms with Crippen LogP contribution in [-0.2, 0) is 12.8 Å². The Labute approximate surface area is 106 Å². The van der Waals surface area contributed by atoms with Gasteiger partial charge < -0.3 is 4.52 Å². The van der Waals surface area contributed by atoms with E-state index in [9.17, 15) is 4.79 Å². The van der Waals surface area contributed by atoms with E-state index in [1.165, 1.54) is 0 Å². The van der Waals surface area contributed by atoms with E-state index < -0.39 is 0 Å². The first-order valence-corrected chi connectivity index (χ1v) is 6.28. The molecule has 1 aromatic carbocycles. The van der Waals surface area contributed by atoms with Gasteiger partial charge in [0, 0.05) is 12.8 Å². The number of nitrogens with zero attached hydrogens (tertiary/aromatic N) is 1. The Hall–Kier alpha value is -1.90. The van der Waals surface area contributed by atoms with E-state index in [0.29, 0.717) is 24.5 Å². The fourth-order valence-corrected chi connectivity index (χ4v) is 2.54. The molecule has 0 aliphatic heterocycles. The van der Waals surface area contributed by atoms with Crippen LogP contribution < -0.4 is 0 Å². The summed E-state index contributed by atoms with van der Waals surface area (Å²) in [4.78, 5) is 12.1. The van der Waals surface area contributed by atoms with Crippen molar-refractivity contribution in [3.05, 3.63) is 52.9 Å². The molecule has 3 heteroatoms. The summed E-state index contributed by atoms with van der Waals surface area (Å²) < 4.78 is 5.37. The van der Waals surface area contributed by atoms with Gasteiger partial charge in [-0.1, -0.05) is 42.4 Å². The smallest absolute Gasteiger partial charge is 0.168 e. The van der Waals surface area contributed by atoms with Crippen LogP contribution in [0, 0.1) is 5.92 Å². The van der Waals surface area contributed by atoms with Gasteiger partial charge in [0.25, 0.3) is 0 Å². The second kappa shape index (κ2) is 4.41. The van der Waals surface area contributed by atoms with Crippen LogP contribution in [-0.4, -0.2) is 10.9 Å². The summed E-state index contributed by atoms with van der Waals surface area (Å²) in [6.07, 6.45) is 2.10. The number of hydrogen-bond donors (Lipinski definition) is 0. The number of hydrogen-bond acceptors (Lipinski definition) is 3. The normalized spacial score (nSPS) is 18.7. The second-order valence-electron chi connectivity index (χ2n) is 5.03. The Balaban J connectivity index is 1.93. The SMILES string of the molecule is CC1CC(=O)c2c(noc2Cc2ccccc2)C1. The van der Waals surface area contributed by atoms with Gasteiger partial charge in [0.15, 0.2) is 11.5 Å². The number of carbonyl (C=O) groups is 1. The van der Waals surface area contributed by atoms with Gasteiger partial charge in [-0.15, -0.1) is 0 Å². The van der Waals surface area contributed by atoms with Gasteiger partial charge in [-0.25, -0.2) is 0 Å². The van der Waals surface area contributed by atoms with E-state index in [-0.39, 0.29) is 5.78 Å². The van der Waals surface area contributed by atoms with Gasteiger partial charge in [-0.3, -0.25) is 4.79 Å². The lowest BCUT2D eigenvalue weighted by Crippen LogP contribution is -2.18. The maximum Gasteiger partial charge on any atom is 0.168 e. The Kier molecular flexibility index (Phi) is 2.74. The summed E-state index contributed by atoms with van der Waals surface area (Å²) in [7, 11) is 0. The van der Waals surface area contributed by atoms with Crippen molar-refractivity contribution in [2.75, 3.05) is 0 Å². The molecule has 0 bridgehead atoms. The zero-order chi connectivity index (χ0) is 12.5. The quantitative estimate of drug-likeness (QED) is 0.811. The van der Waals surface area contributed by atoms with Gasteiger partial charge in [-0.2, -0.15) is 0 Å². The van der Waals surface area contributed by atoms with Crippen LogP contribution in [0.4, 0.5) is 0 Å². The fourth-order valence-electron chi connectivity index (χ4n) is 2.54. The molecule has 18 heavy (non-hydrogen) atoms. The third kappa shape index (κ3) is 1.96. The standard InChI is InChI=1S/C15H15NO2/c1-10-7-12-15(13(17)8-10)14(18-16-12)9-11-5-3-2-4-6-11/h2-6,10H,7-9H2,1H3. The molecular formula is C15H15NO2. The number of fused-ring (bicyclic) bond motifs is 1. The molecule has 1 atom stereocenters. The molecule has 3 nitrogen and oxygen atoms in total. The molecule has 1 heterocycles. The van der Waals surface area contributed by atoms with Crippen LogP contribution in [0.3, 0.4) is 0 Å². The molecule has 0 N–H and O–H groups in total. The first-order chi connectivity index (χ1) is 8.74. The van der Waals surface area contributed by atoms with E-state index in [0.717, 1.165) is 23.2 Å². The number of ketones is 1. The van der Waals surface area contributed by atoms with E-state index in [2.05, 4.69) is 12.1 Å². The predicted molar refractivity (Wildman–Crippen MR) is 67.6 cm³/mol. The largest absolute Gasteiger partial charge is 0.360 e. The molecule has 1 aliphatic carbocycles. The minimum absolute atomic E-state index is 0.177. The number of Topliss-reactive ketones (excluding diaryl/α,β-unsaturated/α-hetero) is 1. The lowest BCUT2D eigenvalue weighted by molar-refractivity contribution is 0.0952. The van der Waals surface area contributed by atoms with Crippen molar-refractivity contribution >= 4 is 5.78 Å². The number of aromatic nitrogens is 1. The molecule has 1 unspecified atom stereocenters. The highest BCUT2D eigenvalue weighted by Crippen LogP contribution is 2.28. The molecule has 1 aromatic heterocycles. The van der Waals surface area contributed by atoms with Crippen molar-refractivity contribution in [2.45, 2.75) is 26.2 Å². The minimum atomic E-state index is 0.177. The van der Waals surface area contributed by atoms with Crippen LogP contribution >= 0.6 is 0 Å². The van der Waals surface area contributed by atoms with Crippen molar-refractivity contribution in [3.63, 3.8) is 0 Å². The third-order valence-electron chi connectivity index (χ3n) is 3.40. The average molecular weight is 241 g/mol. The van der Waals surface area contributed by atoms with Gasteiger partial charge >= 0.3 is 0 Å². The molecule has 0 amide bonds. The monoisotopic (exact) mass is 241 g/mol. The second-order valence-corrected chi connectivity index (χ2v) is 5.03. The van der Waals surface area contributed by atoms with Crippen LogP contribution in [0.2, 0.25) is 0 Å². The zero-order valence-electron chi connectivity index (χ0n) is 10.3. The maximum absolute atomic E-state index is 12.1. The molecule has 3 rings (SSSR count). The van der Waals surface area contributed by atoms with Crippen molar-refractivity contribution in [1.29, 1.82) is 0 Å². The molecule has 1 aliphatic rings. The van der Waals surface area contributed by atoms with Gasteiger partial charge in [0.2, 0.25) is 0 Å². The Morgan fingerprint density at radius 2 is 2.06 bits per heavy atom. The van der Waals surface area contributed by atoms with Crippen LogP contribution in [0.5, 0.6) is 0 Å². The van der Waals surface area contributed by atoms with Crippen molar-refractivity contribution in [1.82, 2.24) is 5.16 Å². The summed E-state index contributed by atoms with van der Waals surface area (Å²) >= 11 is 0.